The number of benzene rings is 2. The van der Waals surface area contributed by atoms with E-state index in [1.807, 2.05) is 48.5 Å². The predicted octanol–water partition coefficient (Wildman–Crippen LogP) is 2.69. The van der Waals surface area contributed by atoms with Gasteiger partial charge in [-0.3, -0.25) is 10.1 Å². The number of rotatable bonds is 4. The summed E-state index contributed by atoms with van der Waals surface area (Å²) in [6.45, 7) is 2.44. The van der Waals surface area contributed by atoms with Crippen LogP contribution in [0.3, 0.4) is 0 Å². The first-order chi connectivity index (χ1) is 14.1. The highest BCUT2D eigenvalue weighted by molar-refractivity contribution is 6.30. The molecule has 2 aromatic carbocycles. The number of anilines is 2. The molecular weight excluding hydrogens is 392 g/mol. The molecule has 4 rings (SSSR count). The minimum Gasteiger partial charge on any atom is -0.368 e. The van der Waals surface area contributed by atoms with Gasteiger partial charge >= 0.3 is 6.03 Å². The second-order valence-electron chi connectivity index (χ2n) is 6.76. The lowest BCUT2D eigenvalue weighted by molar-refractivity contribution is -0.115. The van der Waals surface area contributed by atoms with Crippen LogP contribution in [0.25, 0.3) is 11.0 Å². The van der Waals surface area contributed by atoms with E-state index >= 15 is 0 Å². The van der Waals surface area contributed by atoms with Gasteiger partial charge in [0, 0.05) is 36.9 Å². The Morgan fingerprint density at radius 2 is 1.86 bits per heavy atom. The number of imidazole rings is 1. The first kappa shape index (κ1) is 19.1. The summed E-state index contributed by atoms with van der Waals surface area (Å²) in [5, 5.41) is 6.02. The maximum absolute atomic E-state index is 12.4. The molecule has 150 valence electrons. The molecule has 1 aliphatic heterocycles. The van der Waals surface area contributed by atoms with Gasteiger partial charge in [-0.1, -0.05) is 29.8 Å². The highest BCUT2D eigenvalue weighted by Gasteiger charge is 2.21. The summed E-state index contributed by atoms with van der Waals surface area (Å²) in [4.78, 5) is 35.7. The lowest BCUT2D eigenvalue weighted by Crippen LogP contribution is -2.52. The Morgan fingerprint density at radius 1 is 1.07 bits per heavy atom. The van der Waals surface area contributed by atoms with E-state index < -0.39 is 0 Å². The molecule has 0 spiro atoms. The van der Waals surface area contributed by atoms with Crippen molar-refractivity contribution in [3.05, 3.63) is 53.6 Å². The third-order valence-corrected chi connectivity index (χ3v) is 5.02. The molecule has 0 saturated carbocycles. The summed E-state index contributed by atoms with van der Waals surface area (Å²) in [7, 11) is 0. The van der Waals surface area contributed by atoms with Crippen LogP contribution in [0.2, 0.25) is 5.02 Å². The number of H-pyrrole nitrogens is 1. The molecule has 0 aliphatic carbocycles. The Kier molecular flexibility index (Phi) is 5.53. The van der Waals surface area contributed by atoms with Crippen LogP contribution >= 0.6 is 11.6 Å². The van der Waals surface area contributed by atoms with Crippen molar-refractivity contribution in [3.8, 4) is 0 Å². The summed E-state index contributed by atoms with van der Waals surface area (Å²) < 4.78 is 0. The van der Waals surface area contributed by atoms with Crippen LogP contribution < -0.4 is 15.5 Å². The highest BCUT2D eigenvalue weighted by Crippen LogP contribution is 2.20. The number of halogens is 1. The highest BCUT2D eigenvalue weighted by atomic mass is 35.5. The van der Waals surface area contributed by atoms with Crippen LogP contribution in [-0.2, 0) is 4.79 Å². The van der Waals surface area contributed by atoms with Crippen LogP contribution in [0.4, 0.5) is 16.4 Å². The smallest absolute Gasteiger partial charge is 0.317 e. The summed E-state index contributed by atoms with van der Waals surface area (Å²) in [6.07, 6.45) is 0. The van der Waals surface area contributed by atoms with Gasteiger partial charge in [0.2, 0.25) is 11.9 Å². The van der Waals surface area contributed by atoms with Crippen molar-refractivity contribution in [3.63, 3.8) is 0 Å². The van der Waals surface area contributed by atoms with Gasteiger partial charge in [0.15, 0.2) is 0 Å². The van der Waals surface area contributed by atoms with Gasteiger partial charge in [-0.05, 0) is 30.3 Å². The molecule has 1 fully saturated rings. The number of amides is 3. The summed E-state index contributed by atoms with van der Waals surface area (Å²) >= 11 is 6.05. The number of fused-ring (bicyclic) bond motifs is 1. The number of para-hydroxylation sites is 2. The molecule has 2 heterocycles. The number of hydrogen-bond acceptors (Lipinski definition) is 4. The Morgan fingerprint density at radius 3 is 2.62 bits per heavy atom. The molecule has 0 atom stereocenters. The third-order valence-electron chi connectivity index (χ3n) is 4.79. The monoisotopic (exact) mass is 412 g/mol. The topological polar surface area (TPSA) is 93.4 Å². The van der Waals surface area contributed by atoms with Crippen molar-refractivity contribution in [2.75, 3.05) is 42.9 Å². The van der Waals surface area contributed by atoms with E-state index in [-0.39, 0.29) is 18.5 Å². The maximum Gasteiger partial charge on any atom is 0.317 e. The molecule has 9 heteroatoms. The number of aromatic nitrogens is 2. The molecule has 8 nitrogen and oxygen atoms in total. The van der Waals surface area contributed by atoms with Gasteiger partial charge in [0.05, 0.1) is 17.6 Å². The van der Waals surface area contributed by atoms with Gasteiger partial charge in [0.25, 0.3) is 0 Å². The normalized spacial score (nSPS) is 14.1. The van der Waals surface area contributed by atoms with Crippen molar-refractivity contribution in [2.24, 2.45) is 0 Å². The van der Waals surface area contributed by atoms with Crippen LogP contribution in [0.1, 0.15) is 0 Å². The second kappa shape index (κ2) is 8.40. The molecule has 0 bridgehead atoms. The number of nitrogens with zero attached hydrogens (tertiary/aromatic N) is 3. The van der Waals surface area contributed by atoms with Gasteiger partial charge < -0.3 is 20.1 Å². The number of aromatic amines is 1. The fraction of sp³-hybridized carbons (Fsp3) is 0.250. The van der Waals surface area contributed by atoms with Gasteiger partial charge in [-0.25, -0.2) is 9.78 Å². The van der Waals surface area contributed by atoms with E-state index in [0.29, 0.717) is 37.1 Å². The zero-order valence-electron chi connectivity index (χ0n) is 15.7. The Labute approximate surface area is 172 Å². The SMILES string of the molecule is O=C(CNC(=O)N1CCN(c2cccc(Cl)c2)CC1)Nc1nc2ccccc2[nH]1. The van der Waals surface area contributed by atoms with E-state index in [9.17, 15) is 9.59 Å². The van der Waals surface area contributed by atoms with Crippen molar-refractivity contribution in [2.45, 2.75) is 0 Å². The molecule has 29 heavy (non-hydrogen) atoms. The average molecular weight is 413 g/mol. The van der Waals surface area contributed by atoms with E-state index in [1.54, 1.807) is 4.90 Å². The first-order valence-electron chi connectivity index (χ1n) is 9.36. The molecule has 3 amide bonds. The molecule has 0 unspecified atom stereocenters. The van der Waals surface area contributed by atoms with Gasteiger partial charge in [-0.15, -0.1) is 0 Å². The van der Waals surface area contributed by atoms with Crippen LogP contribution in [0.15, 0.2) is 48.5 Å². The van der Waals surface area contributed by atoms with Crippen LogP contribution in [-0.4, -0.2) is 59.5 Å². The molecule has 1 aromatic heterocycles. The maximum atomic E-state index is 12.4. The fourth-order valence-electron chi connectivity index (χ4n) is 3.30. The number of hydrogen-bond donors (Lipinski definition) is 3. The van der Waals surface area contributed by atoms with Crippen molar-refractivity contribution >= 4 is 46.2 Å². The number of carbonyl (C=O) groups excluding carboxylic acids is 2. The molecule has 3 aromatic rings. The zero-order chi connectivity index (χ0) is 20.2. The molecule has 0 radical (unpaired) electrons. The molecular formula is C20H21ClN6O2. The number of carbonyl (C=O) groups is 2. The lowest BCUT2D eigenvalue weighted by Gasteiger charge is -2.36. The van der Waals surface area contributed by atoms with Crippen LogP contribution in [0.5, 0.6) is 0 Å². The lowest BCUT2D eigenvalue weighted by atomic mass is 10.2. The van der Waals surface area contributed by atoms with E-state index in [4.69, 9.17) is 11.6 Å². The first-order valence-corrected chi connectivity index (χ1v) is 9.74. The number of piperazine rings is 1. The van der Waals surface area contributed by atoms with E-state index in [0.717, 1.165) is 16.7 Å². The van der Waals surface area contributed by atoms with E-state index in [2.05, 4.69) is 25.5 Å². The minimum atomic E-state index is -0.338. The predicted molar refractivity (Wildman–Crippen MR) is 113 cm³/mol. The molecule has 3 N–H and O–H groups in total. The summed E-state index contributed by atoms with van der Waals surface area (Å²) in [5.41, 5.74) is 2.65. The zero-order valence-corrected chi connectivity index (χ0v) is 16.4. The Balaban J connectivity index is 1.24. The van der Waals surface area contributed by atoms with Crippen molar-refractivity contribution in [1.82, 2.24) is 20.2 Å². The third kappa shape index (κ3) is 4.60. The van der Waals surface area contributed by atoms with Crippen molar-refractivity contribution < 1.29 is 9.59 Å². The summed E-state index contributed by atoms with van der Waals surface area (Å²) in [5.74, 6) is 0.0237. The Hall–Kier alpha value is -3.26. The standard InChI is InChI=1S/C20H21ClN6O2/c21-14-4-3-5-15(12-14)26-8-10-27(11-9-26)20(29)22-13-18(28)25-19-23-16-6-1-2-7-17(16)24-19/h1-7,12H,8-11,13H2,(H,22,29)(H2,23,24,25,28). The average Bonchev–Trinajstić information content (AvgIpc) is 3.14. The van der Waals surface area contributed by atoms with Gasteiger partial charge in [0.1, 0.15) is 0 Å². The van der Waals surface area contributed by atoms with Crippen molar-refractivity contribution in [1.29, 1.82) is 0 Å². The van der Waals surface area contributed by atoms with Crippen LogP contribution in [0, 0.1) is 0 Å². The Bertz CT molecular complexity index is 995. The number of nitrogens with one attached hydrogen (secondary N) is 3. The van der Waals surface area contributed by atoms with E-state index in [1.165, 1.54) is 0 Å². The molecule has 1 saturated heterocycles. The molecule has 1 aliphatic rings. The summed E-state index contributed by atoms with van der Waals surface area (Å²) in [6, 6.07) is 14.9. The second-order valence-corrected chi connectivity index (χ2v) is 7.20. The number of urea groups is 1. The minimum absolute atomic E-state index is 0.121. The largest absolute Gasteiger partial charge is 0.368 e. The fourth-order valence-corrected chi connectivity index (χ4v) is 3.48. The quantitative estimate of drug-likeness (QED) is 0.614. The van der Waals surface area contributed by atoms with Gasteiger partial charge in [-0.2, -0.15) is 0 Å².